The second kappa shape index (κ2) is 7.82. The van der Waals surface area contributed by atoms with Gasteiger partial charge in [-0.25, -0.2) is 0 Å². The van der Waals surface area contributed by atoms with Crippen molar-refractivity contribution in [1.82, 2.24) is 0 Å². The summed E-state index contributed by atoms with van der Waals surface area (Å²) in [5, 5.41) is 9.91. The monoisotopic (exact) mass is 218 g/mol. The molecule has 0 unspecified atom stereocenters. The van der Waals surface area contributed by atoms with Gasteiger partial charge in [-0.15, -0.1) is 6.58 Å². The minimum Gasteiger partial charge on any atom is -0.387 e. The number of aliphatic hydroxyl groups is 1. The molecule has 0 aromatic carbocycles. The minimum absolute atomic E-state index is 0.135. The van der Waals surface area contributed by atoms with E-state index in [0.717, 1.165) is 0 Å². The van der Waals surface area contributed by atoms with Gasteiger partial charge >= 0.3 is 0 Å². The molecule has 0 saturated heterocycles. The van der Waals surface area contributed by atoms with Gasteiger partial charge in [-0.05, 0) is 13.3 Å². The zero-order chi connectivity index (χ0) is 11.7. The maximum atomic E-state index is 9.91. The van der Waals surface area contributed by atoms with E-state index in [4.69, 9.17) is 14.2 Å². The molecule has 0 heterocycles. The van der Waals surface area contributed by atoms with Crippen molar-refractivity contribution in [3.63, 3.8) is 0 Å². The quantitative estimate of drug-likeness (QED) is 0.360. The zero-order valence-corrected chi connectivity index (χ0v) is 9.86. The first kappa shape index (κ1) is 14.6. The van der Waals surface area contributed by atoms with Gasteiger partial charge in [0, 0.05) is 7.11 Å². The Balaban J connectivity index is 3.76. The molecule has 0 aromatic rings. The van der Waals surface area contributed by atoms with Crippen LogP contribution in [0.25, 0.3) is 0 Å². The first-order valence-corrected chi connectivity index (χ1v) is 5.11. The third-order valence-corrected chi connectivity index (χ3v) is 2.31. The third kappa shape index (κ3) is 5.89. The van der Waals surface area contributed by atoms with Gasteiger partial charge in [0.25, 0.3) is 0 Å². The van der Waals surface area contributed by atoms with E-state index in [0.29, 0.717) is 19.6 Å². The lowest BCUT2D eigenvalue weighted by Gasteiger charge is -2.29. The molecule has 0 fully saturated rings. The fourth-order valence-electron chi connectivity index (χ4n) is 1.03. The van der Waals surface area contributed by atoms with Crippen LogP contribution in [0.1, 0.15) is 20.3 Å². The number of methoxy groups -OCH3 is 1. The Morgan fingerprint density at radius 2 is 2.13 bits per heavy atom. The summed E-state index contributed by atoms with van der Waals surface area (Å²) in [5.74, 6) is 0. The molecule has 1 N–H and O–H groups in total. The number of hydrogen-bond acceptors (Lipinski definition) is 4. The molecular formula is C11H22O4. The second-order valence-electron chi connectivity index (χ2n) is 3.55. The van der Waals surface area contributed by atoms with Crippen LogP contribution in [-0.2, 0) is 14.2 Å². The molecule has 0 bridgehead atoms. The topological polar surface area (TPSA) is 47.9 Å². The average molecular weight is 218 g/mol. The van der Waals surface area contributed by atoms with E-state index in [9.17, 15) is 5.11 Å². The van der Waals surface area contributed by atoms with Crippen LogP contribution in [0.2, 0.25) is 0 Å². The molecular weight excluding hydrogens is 196 g/mol. The maximum absolute atomic E-state index is 9.91. The van der Waals surface area contributed by atoms with Crippen molar-refractivity contribution in [2.24, 2.45) is 0 Å². The van der Waals surface area contributed by atoms with Crippen LogP contribution in [0.15, 0.2) is 12.7 Å². The third-order valence-electron chi connectivity index (χ3n) is 2.31. The average Bonchev–Trinajstić information content (AvgIpc) is 2.23. The molecule has 4 heteroatoms. The van der Waals surface area contributed by atoms with Crippen molar-refractivity contribution < 1.29 is 19.3 Å². The highest BCUT2D eigenvalue weighted by Gasteiger charge is 2.28. The van der Waals surface area contributed by atoms with Gasteiger partial charge in [0.2, 0.25) is 0 Å². The van der Waals surface area contributed by atoms with E-state index in [2.05, 4.69) is 6.58 Å². The first-order valence-electron chi connectivity index (χ1n) is 5.11. The Kier molecular flexibility index (Phi) is 7.60. The number of ether oxygens (including phenoxy) is 3. The molecule has 0 rings (SSSR count). The second-order valence-corrected chi connectivity index (χ2v) is 3.55. The Bertz CT molecular complexity index is 168. The van der Waals surface area contributed by atoms with Crippen molar-refractivity contribution >= 4 is 0 Å². The summed E-state index contributed by atoms with van der Waals surface area (Å²) in [7, 11) is 1.61. The fraction of sp³-hybridized carbons (Fsp3) is 0.818. The van der Waals surface area contributed by atoms with Gasteiger partial charge in [0.05, 0.1) is 18.8 Å². The molecule has 0 aliphatic rings. The van der Waals surface area contributed by atoms with Crippen LogP contribution in [0.3, 0.4) is 0 Å². The summed E-state index contributed by atoms with van der Waals surface area (Å²) in [6, 6.07) is 0. The molecule has 0 aliphatic carbocycles. The van der Waals surface area contributed by atoms with E-state index in [1.807, 2.05) is 6.92 Å². The SMILES string of the molecule is C=C[C@H](OCOCCOC)[C@@](C)(O)CC. The van der Waals surface area contributed by atoms with Crippen LogP contribution in [0, 0.1) is 0 Å². The summed E-state index contributed by atoms with van der Waals surface area (Å²) in [6.07, 6.45) is 1.77. The molecule has 0 saturated carbocycles. The predicted octanol–water partition coefficient (Wildman–Crippen LogP) is 1.34. The van der Waals surface area contributed by atoms with Gasteiger partial charge < -0.3 is 19.3 Å². The molecule has 0 radical (unpaired) electrons. The Labute approximate surface area is 91.8 Å². The van der Waals surface area contributed by atoms with Gasteiger partial charge in [0.1, 0.15) is 12.9 Å². The van der Waals surface area contributed by atoms with E-state index in [1.54, 1.807) is 20.1 Å². The summed E-state index contributed by atoms with van der Waals surface area (Å²) in [4.78, 5) is 0. The Hall–Kier alpha value is -0.420. The minimum atomic E-state index is -0.896. The highest BCUT2D eigenvalue weighted by molar-refractivity contribution is 4.93. The summed E-state index contributed by atoms with van der Waals surface area (Å²) in [6.45, 7) is 8.39. The van der Waals surface area contributed by atoms with Crippen LogP contribution in [0.4, 0.5) is 0 Å². The predicted molar refractivity (Wildman–Crippen MR) is 58.7 cm³/mol. The standard InChI is InChI=1S/C11H22O4/c1-5-10(11(3,12)6-2)15-9-14-8-7-13-4/h5,10,12H,1,6-9H2,2-4H3/t10-,11-/m0/s1. The molecule has 0 spiro atoms. The van der Waals surface area contributed by atoms with Crippen molar-refractivity contribution in [2.75, 3.05) is 27.1 Å². The van der Waals surface area contributed by atoms with Crippen molar-refractivity contribution in [3.8, 4) is 0 Å². The fourth-order valence-corrected chi connectivity index (χ4v) is 1.03. The van der Waals surface area contributed by atoms with Crippen molar-refractivity contribution in [3.05, 3.63) is 12.7 Å². The summed E-state index contributed by atoms with van der Waals surface area (Å²) in [5.41, 5.74) is -0.896. The maximum Gasteiger partial charge on any atom is 0.147 e. The van der Waals surface area contributed by atoms with Crippen molar-refractivity contribution in [2.45, 2.75) is 32.0 Å². The lowest BCUT2D eigenvalue weighted by molar-refractivity contribution is -0.143. The first-order chi connectivity index (χ1) is 7.08. The van der Waals surface area contributed by atoms with E-state index >= 15 is 0 Å². The van der Waals surface area contributed by atoms with Crippen LogP contribution in [-0.4, -0.2) is 43.9 Å². The Morgan fingerprint density at radius 3 is 2.60 bits per heavy atom. The largest absolute Gasteiger partial charge is 0.387 e. The normalized spacial score (nSPS) is 17.1. The zero-order valence-electron chi connectivity index (χ0n) is 9.86. The van der Waals surface area contributed by atoms with Gasteiger partial charge in [0.15, 0.2) is 0 Å². The van der Waals surface area contributed by atoms with Crippen LogP contribution in [0.5, 0.6) is 0 Å². The lowest BCUT2D eigenvalue weighted by Crippen LogP contribution is -2.39. The highest BCUT2D eigenvalue weighted by atomic mass is 16.7. The highest BCUT2D eigenvalue weighted by Crippen LogP contribution is 2.18. The summed E-state index contributed by atoms with van der Waals surface area (Å²) >= 11 is 0. The van der Waals surface area contributed by atoms with E-state index < -0.39 is 11.7 Å². The smallest absolute Gasteiger partial charge is 0.147 e. The number of hydrogen-bond donors (Lipinski definition) is 1. The molecule has 4 nitrogen and oxygen atoms in total. The molecule has 15 heavy (non-hydrogen) atoms. The molecule has 90 valence electrons. The Morgan fingerprint density at radius 1 is 1.47 bits per heavy atom. The lowest BCUT2D eigenvalue weighted by atomic mass is 9.96. The van der Waals surface area contributed by atoms with Gasteiger partial charge in [-0.2, -0.15) is 0 Å². The van der Waals surface area contributed by atoms with Crippen LogP contribution >= 0.6 is 0 Å². The van der Waals surface area contributed by atoms with Crippen LogP contribution < -0.4 is 0 Å². The van der Waals surface area contributed by atoms with Gasteiger partial charge in [-0.3, -0.25) is 0 Å². The van der Waals surface area contributed by atoms with E-state index in [-0.39, 0.29) is 6.79 Å². The molecule has 0 aromatic heterocycles. The molecule has 2 atom stereocenters. The molecule has 0 amide bonds. The molecule has 0 aliphatic heterocycles. The summed E-state index contributed by atoms with van der Waals surface area (Å²) < 4.78 is 15.3. The number of rotatable bonds is 9. The van der Waals surface area contributed by atoms with E-state index in [1.165, 1.54) is 0 Å². The van der Waals surface area contributed by atoms with Gasteiger partial charge in [-0.1, -0.05) is 13.0 Å². The van der Waals surface area contributed by atoms with Crippen molar-refractivity contribution in [1.29, 1.82) is 0 Å².